The van der Waals surface area contributed by atoms with Crippen LogP contribution >= 0.6 is 0 Å². The zero-order chi connectivity index (χ0) is 31.2. The van der Waals surface area contributed by atoms with Crippen LogP contribution in [-0.2, 0) is 0 Å². The van der Waals surface area contributed by atoms with E-state index < -0.39 is 0 Å². The largest absolute Gasteiger partial charge is 0.493 e. The SMILES string of the molecule is COc1cc(C)ccc1OCCCCOc1ccc(C)cc1C.Cc1ccc(N(C)CCN(C)c2ccc(C)cc2)cc1. The Hall–Kier alpha value is -4.12. The molecule has 0 heterocycles. The van der Waals surface area contributed by atoms with Crippen molar-refractivity contribution in [1.29, 1.82) is 0 Å². The number of ether oxygens (including phenoxy) is 3. The second-order valence-electron chi connectivity index (χ2n) is 11.3. The quantitative estimate of drug-likeness (QED) is 0.147. The summed E-state index contributed by atoms with van der Waals surface area (Å²) in [5, 5.41) is 0. The highest BCUT2D eigenvalue weighted by Crippen LogP contribution is 2.28. The third kappa shape index (κ3) is 11.2. The molecule has 0 unspecified atom stereocenters. The van der Waals surface area contributed by atoms with Gasteiger partial charge in [-0.3, -0.25) is 0 Å². The Morgan fingerprint density at radius 2 is 0.907 bits per heavy atom. The summed E-state index contributed by atoms with van der Waals surface area (Å²) in [5.41, 5.74) is 8.76. The average Bonchev–Trinajstić information content (AvgIpc) is 3.00. The lowest BCUT2D eigenvalue weighted by Crippen LogP contribution is -2.30. The van der Waals surface area contributed by atoms with Crippen molar-refractivity contribution in [1.82, 2.24) is 0 Å². The van der Waals surface area contributed by atoms with E-state index in [1.807, 2.05) is 31.2 Å². The summed E-state index contributed by atoms with van der Waals surface area (Å²) < 4.78 is 17.0. The smallest absolute Gasteiger partial charge is 0.161 e. The second kappa shape index (κ2) is 17.1. The van der Waals surface area contributed by atoms with Crippen molar-refractivity contribution in [2.24, 2.45) is 0 Å². The normalized spacial score (nSPS) is 10.4. The van der Waals surface area contributed by atoms with Crippen LogP contribution in [0.25, 0.3) is 0 Å². The monoisotopic (exact) mass is 582 g/mol. The fraction of sp³-hybridized carbons (Fsp3) is 0.368. The molecule has 0 spiro atoms. The Balaban J connectivity index is 0.000000238. The molecule has 5 nitrogen and oxygen atoms in total. The molecular weight excluding hydrogens is 532 g/mol. The van der Waals surface area contributed by atoms with Gasteiger partial charge in [-0.1, -0.05) is 59.2 Å². The summed E-state index contributed by atoms with van der Waals surface area (Å²) in [4.78, 5) is 4.59. The Bertz CT molecular complexity index is 1330. The third-order valence-electron chi connectivity index (χ3n) is 7.42. The van der Waals surface area contributed by atoms with E-state index in [9.17, 15) is 0 Å². The summed E-state index contributed by atoms with van der Waals surface area (Å²) in [7, 11) is 5.96. The second-order valence-corrected chi connectivity index (χ2v) is 11.3. The topological polar surface area (TPSA) is 34.2 Å². The highest BCUT2D eigenvalue weighted by Gasteiger charge is 2.06. The van der Waals surface area contributed by atoms with E-state index in [0.29, 0.717) is 13.2 Å². The predicted octanol–water partition coefficient (Wildman–Crippen LogP) is 8.73. The number of rotatable bonds is 13. The third-order valence-corrected chi connectivity index (χ3v) is 7.42. The molecule has 5 heteroatoms. The van der Waals surface area contributed by atoms with E-state index >= 15 is 0 Å². The molecule has 230 valence electrons. The van der Waals surface area contributed by atoms with Crippen LogP contribution in [0.15, 0.2) is 84.9 Å². The highest BCUT2D eigenvalue weighted by molar-refractivity contribution is 5.49. The van der Waals surface area contributed by atoms with E-state index in [-0.39, 0.29) is 0 Å². The molecule has 0 aliphatic rings. The molecule has 4 rings (SSSR count). The van der Waals surface area contributed by atoms with Crippen LogP contribution < -0.4 is 24.0 Å². The first-order valence-electron chi connectivity index (χ1n) is 15.2. The van der Waals surface area contributed by atoms with Crippen LogP contribution in [-0.4, -0.2) is 47.5 Å². The van der Waals surface area contributed by atoms with Gasteiger partial charge in [0.05, 0.1) is 20.3 Å². The number of likely N-dealkylation sites (N-methyl/N-ethyl adjacent to an activating group) is 2. The number of benzene rings is 4. The minimum atomic E-state index is 0.662. The number of hydrogen-bond acceptors (Lipinski definition) is 5. The first-order chi connectivity index (χ1) is 20.7. The minimum absolute atomic E-state index is 0.662. The molecular formula is C38H50N2O3. The molecule has 4 aromatic rings. The van der Waals surface area contributed by atoms with Gasteiger partial charge in [0.1, 0.15) is 5.75 Å². The van der Waals surface area contributed by atoms with Gasteiger partial charge in [0.2, 0.25) is 0 Å². The summed E-state index contributed by atoms with van der Waals surface area (Å²) >= 11 is 0. The van der Waals surface area contributed by atoms with Crippen molar-refractivity contribution in [3.63, 3.8) is 0 Å². The first-order valence-corrected chi connectivity index (χ1v) is 15.2. The Labute approximate surface area is 260 Å². The van der Waals surface area contributed by atoms with Gasteiger partial charge < -0.3 is 24.0 Å². The number of unbranched alkanes of at least 4 members (excludes halogenated alkanes) is 1. The van der Waals surface area contributed by atoms with Crippen molar-refractivity contribution in [2.45, 2.75) is 47.5 Å². The van der Waals surface area contributed by atoms with Crippen molar-refractivity contribution < 1.29 is 14.2 Å². The van der Waals surface area contributed by atoms with Gasteiger partial charge >= 0.3 is 0 Å². The molecule has 0 bridgehead atoms. The summed E-state index contributed by atoms with van der Waals surface area (Å²) in [6.45, 7) is 13.8. The maximum absolute atomic E-state index is 5.82. The number of anilines is 2. The molecule has 0 radical (unpaired) electrons. The fourth-order valence-electron chi connectivity index (χ4n) is 4.58. The number of methoxy groups -OCH3 is 1. The predicted molar refractivity (Wildman–Crippen MR) is 183 cm³/mol. The van der Waals surface area contributed by atoms with Gasteiger partial charge in [-0.2, -0.15) is 0 Å². The zero-order valence-corrected chi connectivity index (χ0v) is 27.4. The van der Waals surface area contributed by atoms with Crippen molar-refractivity contribution in [3.05, 3.63) is 113 Å². The summed E-state index contributed by atoms with van der Waals surface area (Å²) in [5.74, 6) is 2.56. The molecule has 0 N–H and O–H groups in total. The lowest BCUT2D eigenvalue weighted by atomic mass is 10.1. The van der Waals surface area contributed by atoms with E-state index in [1.165, 1.54) is 33.6 Å². The molecule has 0 saturated carbocycles. The molecule has 0 aromatic heterocycles. The van der Waals surface area contributed by atoms with Crippen molar-refractivity contribution in [3.8, 4) is 17.2 Å². The Morgan fingerprint density at radius 1 is 0.488 bits per heavy atom. The zero-order valence-electron chi connectivity index (χ0n) is 27.4. The summed E-state index contributed by atoms with van der Waals surface area (Å²) in [6.07, 6.45) is 1.91. The van der Waals surface area contributed by atoms with Crippen LogP contribution in [0, 0.1) is 34.6 Å². The molecule has 43 heavy (non-hydrogen) atoms. The standard InChI is InChI=1S/C20H26O3.C18H24N2/c1-15-7-9-18(17(3)13-15)22-11-5-6-12-23-19-10-8-16(2)14-20(19)21-4;1-15-5-9-17(10-6-15)19(3)13-14-20(4)18-11-7-16(2)8-12-18/h7-10,13-14H,5-6,11-12H2,1-4H3;5-12H,13-14H2,1-4H3. The molecule has 0 aliphatic heterocycles. The van der Waals surface area contributed by atoms with Crippen LogP contribution in [0.1, 0.15) is 40.7 Å². The van der Waals surface area contributed by atoms with Gasteiger partial charge in [-0.25, -0.2) is 0 Å². The molecule has 4 aromatic carbocycles. The number of aryl methyl sites for hydroxylation is 5. The number of nitrogens with zero attached hydrogens (tertiary/aromatic N) is 2. The number of hydrogen-bond donors (Lipinski definition) is 0. The van der Waals surface area contributed by atoms with Crippen LogP contribution in [0.3, 0.4) is 0 Å². The van der Waals surface area contributed by atoms with Crippen molar-refractivity contribution in [2.75, 3.05) is 57.3 Å². The Kier molecular flexibility index (Phi) is 13.3. The van der Waals surface area contributed by atoms with Crippen LogP contribution in [0.2, 0.25) is 0 Å². The molecule has 0 aliphatic carbocycles. The van der Waals surface area contributed by atoms with Gasteiger partial charge in [-0.15, -0.1) is 0 Å². The molecule has 0 atom stereocenters. The van der Waals surface area contributed by atoms with Gasteiger partial charge in [0, 0.05) is 38.6 Å². The van der Waals surface area contributed by atoms with Crippen molar-refractivity contribution >= 4 is 11.4 Å². The fourth-order valence-corrected chi connectivity index (χ4v) is 4.58. The molecule has 0 amide bonds. The van der Waals surface area contributed by atoms with Gasteiger partial charge in [0.15, 0.2) is 11.5 Å². The van der Waals surface area contributed by atoms with Crippen LogP contribution in [0.4, 0.5) is 11.4 Å². The highest BCUT2D eigenvalue weighted by atomic mass is 16.5. The maximum atomic E-state index is 5.82. The van der Waals surface area contributed by atoms with Gasteiger partial charge in [0.25, 0.3) is 0 Å². The Morgan fingerprint density at radius 3 is 1.37 bits per heavy atom. The summed E-state index contributed by atoms with van der Waals surface area (Å²) in [6, 6.07) is 29.6. The van der Waals surface area contributed by atoms with Gasteiger partial charge in [-0.05, 0) is 101 Å². The maximum Gasteiger partial charge on any atom is 0.161 e. The lowest BCUT2D eigenvalue weighted by Gasteiger charge is -2.25. The first kappa shape index (κ1) is 33.4. The minimum Gasteiger partial charge on any atom is -0.493 e. The van der Waals surface area contributed by atoms with E-state index in [0.717, 1.165) is 48.7 Å². The molecule has 0 fully saturated rings. The van der Waals surface area contributed by atoms with E-state index in [4.69, 9.17) is 14.2 Å². The van der Waals surface area contributed by atoms with E-state index in [1.54, 1.807) is 7.11 Å². The van der Waals surface area contributed by atoms with E-state index in [2.05, 4.69) is 112 Å². The lowest BCUT2D eigenvalue weighted by molar-refractivity contribution is 0.257. The molecule has 0 saturated heterocycles. The van der Waals surface area contributed by atoms with Crippen LogP contribution in [0.5, 0.6) is 17.2 Å². The average molecular weight is 583 g/mol.